The number of urea groups is 1. The van der Waals surface area contributed by atoms with Crippen LogP contribution in [0, 0.1) is 11.8 Å². The molecule has 1 aromatic carbocycles. The Morgan fingerprint density at radius 2 is 1.85 bits per heavy atom. The number of benzene rings is 1. The molecule has 0 radical (unpaired) electrons. The van der Waals surface area contributed by atoms with E-state index >= 15 is 0 Å². The van der Waals surface area contributed by atoms with E-state index in [1.54, 1.807) is 30.0 Å². The predicted octanol–water partition coefficient (Wildman–Crippen LogP) is 3.18. The van der Waals surface area contributed by atoms with Crippen LogP contribution in [0.2, 0.25) is 10.0 Å². The monoisotopic (exact) mass is 316 g/mol. The van der Waals surface area contributed by atoms with E-state index in [0.29, 0.717) is 28.8 Å². The summed E-state index contributed by atoms with van der Waals surface area (Å²) in [5.41, 5.74) is 0.516. The van der Waals surface area contributed by atoms with Crippen molar-refractivity contribution in [3.05, 3.63) is 28.2 Å². The number of carbonyl (C=O) groups excluding carboxylic acids is 1. The van der Waals surface area contributed by atoms with E-state index in [-0.39, 0.29) is 11.9 Å². The van der Waals surface area contributed by atoms with Crippen LogP contribution in [0.25, 0.3) is 0 Å². The molecule has 7 heteroatoms. The summed E-state index contributed by atoms with van der Waals surface area (Å²) in [5, 5.41) is 12.5. The number of hydrogen-bond acceptors (Lipinski definition) is 2. The average Bonchev–Trinajstić information content (AvgIpc) is 2.24. The minimum absolute atomic E-state index is 0.00111. The molecule has 1 atom stereocenters. The lowest BCUT2D eigenvalue weighted by atomic mass is 9.87. The maximum atomic E-state index is 11.9. The van der Waals surface area contributed by atoms with Gasteiger partial charge in [0.15, 0.2) is 0 Å². The Balaban J connectivity index is 1.90. The first-order valence-electron chi connectivity index (χ1n) is 6.11. The summed E-state index contributed by atoms with van der Waals surface area (Å²) in [6.45, 7) is 2.53. The number of anilines is 1. The van der Waals surface area contributed by atoms with Crippen LogP contribution in [-0.4, -0.2) is 35.1 Å². The van der Waals surface area contributed by atoms with Crippen molar-refractivity contribution < 1.29 is 14.7 Å². The predicted molar refractivity (Wildman–Crippen MR) is 77.3 cm³/mol. The molecule has 5 nitrogen and oxygen atoms in total. The van der Waals surface area contributed by atoms with Gasteiger partial charge in [-0.15, -0.1) is 0 Å². The first kappa shape index (κ1) is 14.9. The smallest absolute Gasteiger partial charge is 0.321 e. The fourth-order valence-corrected chi connectivity index (χ4v) is 2.55. The van der Waals surface area contributed by atoms with Gasteiger partial charge in [-0.05, 0) is 18.2 Å². The first-order valence-corrected chi connectivity index (χ1v) is 6.87. The molecule has 0 saturated carbocycles. The molecule has 1 fully saturated rings. The number of carboxylic acids is 1. The van der Waals surface area contributed by atoms with Crippen LogP contribution >= 0.6 is 23.2 Å². The lowest BCUT2D eigenvalue weighted by molar-refractivity contribution is -0.144. The lowest BCUT2D eigenvalue weighted by Crippen LogP contribution is -2.54. The van der Waals surface area contributed by atoms with Gasteiger partial charge >= 0.3 is 12.0 Å². The van der Waals surface area contributed by atoms with Crippen molar-refractivity contribution in [2.24, 2.45) is 11.8 Å². The Morgan fingerprint density at radius 1 is 1.30 bits per heavy atom. The molecule has 0 bridgehead atoms. The van der Waals surface area contributed by atoms with Crippen LogP contribution in [0.1, 0.15) is 6.92 Å². The highest BCUT2D eigenvalue weighted by Crippen LogP contribution is 2.26. The van der Waals surface area contributed by atoms with Gasteiger partial charge in [0.2, 0.25) is 0 Å². The molecule has 1 unspecified atom stereocenters. The quantitative estimate of drug-likeness (QED) is 0.899. The van der Waals surface area contributed by atoms with E-state index < -0.39 is 11.9 Å². The molecule has 1 saturated heterocycles. The third kappa shape index (κ3) is 3.35. The standard InChI is InChI=1S/C13H14Cl2N2O3/c1-7(12(18)19)8-5-17(6-8)13(20)16-11-3-9(14)2-10(15)4-11/h2-4,7-8H,5-6H2,1H3,(H,16,20)(H,18,19). The maximum Gasteiger partial charge on any atom is 0.321 e. The normalized spacial score (nSPS) is 16.4. The zero-order valence-corrected chi connectivity index (χ0v) is 12.3. The van der Waals surface area contributed by atoms with E-state index in [9.17, 15) is 9.59 Å². The summed E-state index contributed by atoms with van der Waals surface area (Å²) in [6.07, 6.45) is 0. The van der Waals surface area contributed by atoms with Gasteiger partial charge in [-0.2, -0.15) is 0 Å². The first-order chi connectivity index (χ1) is 9.36. The average molecular weight is 317 g/mol. The number of halogens is 2. The van der Waals surface area contributed by atoms with Crippen LogP contribution in [0.4, 0.5) is 10.5 Å². The van der Waals surface area contributed by atoms with Crippen LogP contribution in [-0.2, 0) is 4.79 Å². The molecule has 0 aliphatic carbocycles. The summed E-state index contributed by atoms with van der Waals surface area (Å²) < 4.78 is 0. The largest absolute Gasteiger partial charge is 0.481 e. The minimum atomic E-state index is -0.836. The van der Waals surface area contributed by atoms with Crippen molar-refractivity contribution in [1.82, 2.24) is 4.90 Å². The van der Waals surface area contributed by atoms with Gasteiger partial charge in [-0.25, -0.2) is 4.79 Å². The van der Waals surface area contributed by atoms with E-state index in [0.717, 1.165) is 0 Å². The Labute approximate surface area is 126 Å². The second-order valence-electron chi connectivity index (χ2n) is 4.88. The SMILES string of the molecule is CC(C(=O)O)C1CN(C(=O)Nc2cc(Cl)cc(Cl)c2)C1. The molecule has 2 rings (SSSR count). The molecule has 1 aliphatic heterocycles. The van der Waals surface area contributed by atoms with Crippen LogP contribution in [0.15, 0.2) is 18.2 Å². The zero-order valence-electron chi connectivity index (χ0n) is 10.8. The zero-order chi connectivity index (χ0) is 14.9. The topological polar surface area (TPSA) is 69.6 Å². The van der Waals surface area contributed by atoms with E-state index in [1.807, 2.05) is 0 Å². The molecule has 2 N–H and O–H groups in total. The molecule has 2 amide bonds. The van der Waals surface area contributed by atoms with E-state index in [1.165, 1.54) is 0 Å². The van der Waals surface area contributed by atoms with Crippen LogP contribution in [0.3, 0.4) is 0 Å². The number of likely N-dealkylation sites (tertiary alicyclic amines) is 1. The molecule has 20 heavy (non-hydrogen) atoms. The molecule has 0 aromatic heterocycles. The van der Waals surface area contributed by atoms with Gasteiger partial charge < -0.3 is 15.3 Å². The molecule has 108 valence electrons. The Bertz CT molecular complexity index is 524. The Hall–Kier alpha value is -1.46. The summed E-state index contributed by atoms with van der Waals surface area (Å²) in [5.74, 6) is -1.28. The maximum absolute atomic E-state index is 11.9. The number of nitrogens with zero attached hydrogens (tertiary/aromatic N) is 1. The third-order valence-electron chi connectivity index (χ3n) is 3.41. The molecule has 1 heterocycles. The van der Waals surface area contributed by atoms with Crippen molar-refractivity contribution in [3.63, 3.8) is 0 Å². The molecule has 1 aliphatic rings. The number of hydrogen-bond donors (Lipinski definition) is 2. The fraction of sp³-hybridized carbons (Fsp3) is 0.385. The van der Waals surface area contributed by atoms with Gasteiger partial charge in [0.1, 0.15) is 0 Å². The lowest BCUT2D eigenvalue weighted by Gasteiger charge is -2.41. The second kappa shape index (κ2) is 5.89. The minimum Gasteiger partial charge on any atom is -0.481 e. The number of rotatable bonds is 3. The van der Waals surface area contributed by atoms with Gasteiger partial charge in [0.25, 0.3) is 0 Å². The summed E-state index contributed by atoms with van der Waals surface area (Å²) in [7, 11) is 0. The van der Waals surface area contributed by atoms with Crippen molar-refractivity contribution in [2.75, 3.05) is 18.4 Å². The molecular formula is C13H14Cl2N2O3. The Kier molecular flexibility index (Phi) is 4.40. The highest BCUT2D eigenvalue weighted by molar-refractivity contribution is 6.35. The van der Waals surface area contributed by atoms with Crippen molar-refractivity contribution >= 4 is 40.9 Å². The van der Waals surface area contributed by atoms with Gasteiger partial charge in [-0.3, -0.25) is 4.79 Å². The van der Waals surface area contributed by atoms with Gasteiger partial charge in [0, 0.05) is 34.7 Å². The van der Waals surface area contributed by atoms with E-state index in [2.05, 4.69) is 5.32 Å². The van der Waals surface area contributed by atoms with Crippen LogP contribution < -0.4 is 5.32 Å². The highest BCUT2D eigenvalue weighted by Gasteiger charge is 2.37. The second-order valence-corrected chi connectivity index (χ2v) is 5.75. The summed E-state index contributed by atoms with van der Waals surface area (Å²) >= 11 is 11.7. The number of carboxylic acid groups (broad SMARTS) is 1. The highest BCUT2D eigenvalue weighted by atomic mass is 35.5. The van der Waals surface area contributed by atoms with E-state index in [4.69, 9.17) is 28.3 Å². The van der Waals surface area contributed by atoms with Crippen molar-refractivity contribution in [2.45, 2.75) is 6.92 Å². The number of nitrogens with one attached hydrogen (secondary N) is 1. The fourth-order valence-electron chi connectivity index (χ4n) is 2.02. The van der Waals surface area contributed by atoms with Crippen molar-refractivity contribution in [1.29, 1.82) is 0 Å². The summed E-state index contributed by atoms with van der Waals surface area (Å²) in [4.78, 5) is 24.3. The van der Waals surface area contributed by atoms with Crippen LogP contribution in [0.5, 0.6) is 0 Å². The molecular weight excluding hydrogens is 303 g/mol. The molecule has 1 aromatic rings. The Morgan fingerprint density at radius 3 is 2.35 bits per heavy atom. The van der Waals surface area contributed by atoms with Gasteiger partial charge in [-0.1, -0.05) is 30.1 Å². The molecule has 0 spiro atoms. The van der Waals surface area contributed by atoms with Crippen molar-refractivity contribution in [3.8, 4) is 0 Å². The number of aliphatic carboxylic acids is 1. The third-order valence-corrected chi connectivity index (χ3v) is 3.84. The summed E-state index contributed by atoms with van der Waals surface area (Å²) in [6, 6.07) is 4.50. The van der Waals surface area contributed by atoms with Gasteiger partial charge in [0.05, 0.1) is 5.92 Å². The number of amides is 2. The number of carbonyl (C=O) groups is 2.